The van der Waals surface area contributed by atoms with Crippen LogP contribution in [0.3, 0.4) is 0 Å². The predicted octanol–water partition coefficient (Wildman–Crippen LogP) is 7.15. The highest BCUT2D eigenvalue weighted by Crippen LogP contribution is 2.44. The number of carbonyl (C=O) groups excluding carboxylic acids is 3. The van der Waals surface area contributed by atoms with Crippen molar-refractivity contribution < 1.29 is 81.7 Å². The van der Waals surface area contributed by atoms with Crippen LogP contribution >= 0.6 is 15.6 Å². The van der Waals surface area contributed by atoms with Crippen molar-refractivity contribution in [2.24, 2.45) is 17.8 Å². The van der Waals surface area contributed by atoms with Crippen LogP contribution in [-0.4, -0.2) is 110 Å². The molecule has 1 unspecified atom stereocenters. The molecule has 1 aliphatic carbocycles. The van der Waals surface area contributed by atoms with Gasteiger partial charge in [0.1, 0.15) is 18.5 Å². The molecule has 1 fully saturated rings. The van der Waals surface area contributed by atoms with E-state index in [4.69, 9.17) is 23.8 Å². The van der Waals surface area contributed by atoms with Crippen LogP contribution in [0.4, 0.5) is 0 Å². The average Bonchev–Trinajstić information content (AvgIpc) is 3.46. The molecule has 1 rings (SSSR count). The number of esters is 2. The molecule has 0 saturated heterocycles. The Labute approximate surface area is 369 Å². The van der Waals surface area contributed by atoms with Gasteiger partial charge in [0.05, 0.1) is 38.1 Å². The van der Waals surface area contributed by atoms with E-state index in [9.17, 15) is 48.8 Å². The summed E-state index contributed by atoms with van der Waals surface area (Å²) in [6, 6.07) is 0. The fourth-order valence-corrected chi connectivity index (χ4v) is 8.39. The third-order valence-corrected chi connectivity index (χ3v) is 12.2. The standard InChI is InChI=1S/C43H80O17P2/c1-4-5-15-21-34(44)25-26-38-39(41(48)28-40(38)47)27-35(45)22-18-19-23-42(49)56-31-37(32-59-62(54,55)58-30-36(46)29-57-61(51,52)53)60-43(50)24-17-14-12-10-8-6-7-9-11-13-16-20-33(2)3/h25-26,33-34,36-41,44,46-48H,4-24,27-32H2,1-3H3,(H,54,55)(H2,51,52,53)/b26-25+/t34-,36-,37+,38+,39+,40+,41-/m0/s1. The van der Waals surface area contributed by atoms with E-state index in [1.807, 2.05) is 0 Å². The van der Waals surface area contributed by atoms with E-state index >= 15 is 0 Å². The lowest BCUT2D eigenvalue weighted by Crippen LogP contribution is -2.30. The van der Waals surface area contributed by atoms with Gasteiger partial charge in [-0.25, -0.2) is 9.13 Å². The Morgan fingerprint density at radius 1 is 0.661 bits per heavy atom. The number of ether oxygens (including phenoxy) is 2. The molecule has 17 nitrogen and oxygen atoms in total. The Kier molecular flexibility index (Phi) is 31.9. The Balaban J connectivity index is 2.57. The first-order valence-electron chi connectivity index (χ1n) is 22.9. The van der Waals surface area contributed by atoms with Crippen LogP contribution in [0.5, 0.6) is 0 Å². The Morgan fingerprint density at radius 2 is 1.19 bits per heavy atom. The summed E-state index contributed by atoms with van der Waals surface area (Å²) < 4.78 is 47.7. The van der Waals surface area contributed by atoms with Crippen molar-refractivity contribution in [1.82, 2.24) is 0 Å². The van der Waals surface area contributed by atoms with Gasteiger partial charge in [-0.15, -0.1) is 0 Å². The molecule has 0 amide bonds. The Morgan fingerprint density at radius 3 is 1.81 bits per heavy atom. The van der Waals surface area contributed by atoms with E-state index in [1.54, 1.807) is 12.2 Å². The van der Waals surface area contributed by atoms with Crippen molar-refractivity contribution >= 4 is 33.4 Å². The van der Waals surface area contributed by atoms with Crippen LogP contribution in [0, 0.1) is 17.8 Å². The summed E-state index contributed by atoms with van der Waals surface area (Å²) in [6.45, 7) is 3.53. The van der Waals surface area contributed by atoms with E-state index in [2.05, 4.69) is 29.8 Å². The van der Waals surface area contributed by atoms with Gasteiger partial charge in [0.25, 0.3) is 0 Å². The van der Waals surface area contributed by atoms with Crippen LogP contribution in [0.2, 0.25) is 0 Å². The Hall–Kier alpha value is -1.59. The fourth-order valence-electron chi connectivity index (χ4n) is 7.24. The van der Waals surface area contributed by atoms with Crippen molar-refractivity contribution in [3.05, 3.63) is 12.2 Å². The summed E-state index contributed by atoms with van der Waals surface area (Å²) in [6.07, 6.45) is 15.7. The van der Waals surface area contributed by atoms with Gasteiger partial charge in [-0.05, 0) is 31.6 Å². The third kappa shape index (κ3) is 31.3. The Bertz CT molecular complexity index is 1340. The van der Waals surface area contributed by atoms with Crippen LogP contribution in [0.25, 0.3) is 0 Å². The van der Waals surface area contributed by atoms with E-state index in [0.717, 1.165) is 50.9 Å². The van der Waals surface area contributed by atoms with Gasteiger partial charge in [-0.2, -0.15) is 0 Å². The number of carbonyl (C=O) groups is 3. The molecule has 0 aliphatic heterocycles. The van der Waals surface area contributed by atoms with Gasteiger partial charge < -0.3 is 44.6 Å². The first kappa shape index (κ1) is 58.4. The fraction of sp³-hybridized carbons (Fsp3) is 0.884. The van der Waals surface area contributed by atoms with Crippen LogP contribution in [0.15, 0.2) is 12.2 Å². The number of rotatable bonds is 39. The van der Waals surface area contributed by atoms with Gasteiger partial charge in [-0.1, -0.05) is 123 Å². The minimum absolute atomic E-state index is 0.0358. The molecule has 19 heteroatoms. The molecule has 62 heavy (non-hydrogen) atoms. The van der Waals surface area contributed by atoms with Crippen LogP contribution in [0.1, 0.15) is 168 Å². The van der Waals surface area contributed by atoms with Crippen molar-refractivity contribution in [2.45, 2.75) is 199 Å². The van der Waals surface area contributed by atoms with Gasteiger partial charge in [0.2, 0.25) is 0 Å². The minimum atomic E-state index is -4.91. The number of phosphoric acid groups is 2. The van der Waals surface area contributed by atoms with E-state index in [0.29, 0.717) is 19.3 Å². The topological polar surface area (TPSA) is 273 Å². The van der Waals surface area contributed by atoms with Crippen molar-refractivity contribution in [1.29, 1.82) is 0 Å². The highest BCUT2D eigenvalue weighted by molar-refractivity contribution is 7.47. The number of phosphoric ester groups is 2. The highest BCUT2D eigenvalue weighted by atomic mass is 31.2. The van der Waals surface area contributed by atoms with Gasteiger partial charge >= 0.3 is 27.6 Å². The molecule has 0 aromatic heterocycles. The zero-order chi connectivity index (χ0) is 46.4. The van der Waals surface area contributed by atoms with E-state index in [1.165, 1.54) is 44.9 Å². The molecule has 8 atom stereocenters. The molecule has 0 spiro atoms. The van der Waals surface area contributed by atoms with Crippen molar-refractivity contribution in [3.63, 3.8) is 0 Å². The minimum Gasteiger partial charge on any atom is -0.462 e. The van der Waals surface area contributed by atoms with Gasteiger partial charge in [-0.3, -0.25) is 28.0 Å². The number of ketones is 1. The number of unbranched alkanes of at least 4 members (excludes halogenated alkanes) is 13. The highest BCUT2D eigenvalue weighted by Gasteiger charge is 2.41. The summed E-state index contributed by atoms with van der Waals surface area (Å²) in [4.78, 5) is 65.8. The molecule has 1 aliphatic rings. The molecule has 0 aromatic carbocycles. The average molecular weight is 931 g/mol. The van der Waals surface area contributed by atoms with E-state index in [-0.39, 0.29) is 44.3 Å². The van der Waals surface area contributed by atoms with Gasteiger partial charge in [0.15, 0.2) is 6.10 Å². The summed E-state index contributed by atoms with van der Waals surface area (Å²) >= 11 is 0. The zero-order valence-corrected chi connectivity index (χ0v) is 39.3. The summed E-state index contributed by atoms with van der Waals surface area (Å²) in [5.74, 6) is -1.67. The lowest BCUT2D eigenvalue weighted by atomic mass is 9.87. The lowest BCUT2D eigenvalue weighted by Gasteiger charge is -2.21. The maximum Gasteiger partial charge on any atom is 0.472 e. The van der Waals surface area contributed by atoms with Crippen molar-refractivity contribution in [3.8, 4) is 0 Å². The molecule has 0 bridgehead atoms. The molecule has 1 saturated carbocycles. The maximum absolute atomic E-state index is 12.8. The molecule has 0 aromatic rings. The van der Waals surface area contributed by atoms with Crippen LogP contribution in [-0.2, 0) is 46.6 Å². The van der Waals surface area contributed by atoms with E-state index < -0.39 is 96.4 Å². The summed E-state index contributed by atoms with van der Waals surface area (Å²) in [7, 11) is -9.80. The maximum atomic E-state index is 12.8. The first-order chi connectivity index (χ1) is 29.3. The summed E-state index contributed by atoms with van der Waals surface area (Å²) in [5, 5.41) is 41.1. The quantitative estimate of drug-likeness (QED) is 0.0140. The molecular formula is C43H80O17P2. The van der Waals surface area contributed by atoms with Gasteiger partial charge in [0, 0.05) is 43.9 Å². The lowest BCUT2D eigenvalue weighted by molar-refractivity contribution is -0.161. The number of Topliss-reactive ketones (excluding diaryl/α,β-unsaturated/α-hetero) is 1. The molecule has 0 radical (unpaired) electrons. The normalized spacial score (nSPS) is 20.6. The number of aliphatic hydroxyl groups is 4. The molecule has 7 N–H and O–H groups in total. The number of hydrogen-bond acceptors (Lipinski definition) is 14. The monoisotopic (exact) mass is 930 g/mol. The third-order valence-electron chi connectivity index (χ3n) is 10.8. The summed E-state index contributed by atoms with van der Waals surface area (Å²) in [5.41, 5.74) is 0. The molecular weight excluding hydrogens is 850 g/mol. The number of aliphatic hydroxyl groups excluding tert-OH is 4. The first-order valence-corrected chi connectivity index (χ1v) is 25.9. The largest absolute Gasteiger partial charge is 0.472 e. The second kappa shape index (κ2) is 33.8. The predicted molar refractivity (Wildman–Crippen MR) is 232 cm³/mol. The number of hydrogen-bond donors (Lipinski definition) is 7. The SMILES string of the molecule is CCCCC[C@H](O)/C=C/[C@@H]1[C@@H](CC(=O)CCCCC(=O)OC[C@H](COP(=O)(O)OC[C@@H](O)COP(=O)(O)O)OC(=O)CCCCCCCCCCCCCC(C)C)[C@@H](O)C[C@H]1O. The zero-order valence-electron chi connectivity index (χ0n) is 37.5. The van der Waals surface area contributed by atoms with Crippen LogP contribution < -0.4 is 0 Å². The smallest absolute Gasteiger partial charge is 0.462 e. The van der Waals surface area contributed by atoms with Crippen molar-refractivity contribution in [2.75, 3.05) is 26.4 Å². The molecule has 364 valence electrons. The molecule has 0 heterocycles. The second-order valence-corrected chi connectivity index (χ2v) is 19.8. The second-order valence-electron chi connectivity index (χ2n) is 17.1.